The fourth-order valence-electron chi connectivity index (χ4n) is 2.13. The van der Waals surface area contributed by atoms with E-state index in [1.807, 2.05) is 54.6 Å². The lowest BCUT2D eigenvalue weighted by Gasteiger charge is -2.07. The molecule has 2 nitrogen and oxygen atoms in total. The van der Waals surface area contributed by atoms with Gasteiger partial charge < -0.3 is 4.74 Å². The Morgan fingerprint density at radius 3 is 2.47 bits per heavy atom. The molecule has 3 aromatic rings. The molecule has 0 radical (unpaired) electrons. The van der Waals surface area contributed by atoms with Crippen LogP contribution in [0.1, 0.15) is 0 Å². The largest absolute Gasteiger partial charge is 0.497 e. The van der Waals surface area contributed by atoms with Crippen LogP contribution in [0, 0.1) is 0 Å². The number of nitrogens with zero attached hydrogens (tertiary/aromatic N) is 1. The van der Waals surface area contributed by atoms with E-state index in [9.17, 15) is 0 Å². The minimum Gasteiger partial charge on any atom is -0.497 e. The summed E-state index contributed by atoms with van der Waals surface area (Å²) in [5.74, 6) is 0.843. The Hall–Kier alpha value is -2.06. The minimum atomic E-state index is 0.508. The van der Waals surface area contributed by atoms with Crippen molar-refractivity contribution in [2.24, 2.45) is 0 Å². The number of halogens is 1. The average Bonchev–Trinajstić information content (AvgIpc) is 2.47. The van der Waals surface area contributed by atoms with Gasteiger partial charge in [0.1, 0.15) is 10.9 Å². The van der Waals surface area contributed by atoms with Crippen LogP contribution in [0.15, 0.2) is 54.6 Å². The first-order chi connectivity index (χ1) is 9.28. The highest BCUT2D eigenvalue weighted by Crippen LogP contribution is 2.29. The van der Waals surface area contributed by atoms with Gasteiger partial charge in [-0.15, -0.1) is 0 Å². The third kappa shape index (κ3) is 2.27. The lowest BCUT2D eigenvalue weighted by Crippen LogP contribution is -1.86. The van der Waals surface area contributed by atoms with Gasteiger partial charge in [0.2, 0.25) is 0 Å². The number of aromatic nitrogens is 1. The number of ether oxygens (including phenoxy) is 1. The number of pyridine rings is 1. The summed E-state index contributed by atoms with van der Waals surface area (Å²) in [5, 5.41) is 1.59. The second-order valence-corrected chi connectivity index (χ2v) is 4.63. The highest BCUT2D eigenvalue weighted by atomic mass is 35.5. The summed E-state index contributed by atoms with van der Waals surface area (Å²) in [6, 6.07) is 17.8. The van der Waals surface area contributed by atoms with Crippen molar-refractivity contribution in [2.75, 3.05) is 7.11 Å². The fraction of sp³-hybridized carbons (Fsp3) is 0.0625. The van der Waals surface area contributed by atoms with Gasteiger partial charge in [0.05, 0.1) is 12.6 Å². The van der Waals surface area contributed by atoms with Gasteiger partial charge >= 0.3 is 0 Å². The first kappa shape index (κ1) is 12.0. The Labute approximate surface area is 116 Å². The number of benzene rings is 2. The van der Waals surface area contributed by atoms with Crippen LogP contribution in [0.25, 0.3) is 22.0 Å². The molecule has 0 saturated heterocycles. The van der Waals surface area contributed by atoms with Gasteiger partial charge in [-0.3, -0.25) is 0 Å². The Morgan fingerprint density at radius 2 is 1.74 bits per heavy atom. The van der Waals surface area contributed by atoms with E-state index in [0.29, 0.717) is 5.15 Å². The van der Waals surface area contributed by atoms with Crippen LogP contribution in [0.5, 0.6) is 5.75 Å². The molecule has 94 valence electrons. The van der Waals surface area contributed by atoms with Crippen molar-refractivity contribution in [1.29, 1.82) is 0 Å². The third-order valence-corrected chi connectivity index (χ3v) is 3.30. The number of hydrogen-bond acceptors (Lipinski definition) is 2. The van der Waals surface area contributed by atoms with E-state index in [-0.39, 0.29) is 0 Å². The second-order valence-electron chi connectivity index (χ2n) is 4.24. The van der Waals surface area contributed by atoms with Crippen molar-refractivity contribution < 1.29 is 4.74 Å². The predicted molar refractivity (Wildman–Crippen MR) is 78.7 cm³/mol. The molecule has 0 aliphatic carbocycles. The number of methoxy groups -OCH3 is 1. The summed E-state index contributed by atoms with van der Waals surface area (Å²) in [5.41, 5.74) is 3.09. The summed E-state index contributed by atoms with van der Waals surface area (Å²) in [6.07, 6.45) is 0. The summed E-state index contributed by atoms with van der Waals surface area (Å²) in [7, 11) is 1.66. The summed E-state index contributed by atoms with van der Waals surface area (Å²) in [4.78, 5) is 4.43. The van der Waals surface area contributed by atoms with E-state index >= 15 is 0 Å². The number of hydrogen-bond donors (Lipinski definition) is 0. The Bertz CT molecular complexity index is 722. The maximum atomic E-state index is 5.99. The van der Waals surface area contributed by atoms with Crippen molar-refractivity contribution in [2.45, 2.75) is 0 Å². The highest BCUT2D eigenvalue weighted by Gasteiger charge is 2.05. The molecule has 0 fully saturated rings. The molecule has 0 bridgehead atoms. The van der Waals surface area contributed by atoms with Crippen molar-refractivity contribution >= 4 is 22.5 Å². The average molecular weight is 270 g/mol. The summed E-state index contributed by atoms with van der Waals surface area (Å²) < 4.78 is 5.17. The topological polar surface area (TPSA) is 22.1 Å². The van der Waals surface area contributed by atoms with Gasteiger partial charge in [0, 0.05) is 10.9 Å². The molecule has 0 amide bonds. The molecule has 0 atom stereocenters. The molecule has 3 heteroatoms. The van der Waals surface area contributed by atoms with E-state index in [2.05, 4.69) is 4.98 Å². The number of fused-ring (bicyclic) bond motifs is 1. The molecule has 0 unspecified atom stereocenters. The minimum absolute atomic E-state index is 0.508. The van der Waals surface area contributed by atoms with E-state index in [0.717, 1.165) is 27.8 Å². The van der Waals surface area contributed by atoms with Crippen molar-refractivity contribution in [3.05, 3.63) is 59.8 Å². The van der Waals surface area contributed by atoms with Crippen LogP contribution in [-0.2, 0) is 0 Å². The van der Waals surface area contributed by atoms with Crippen LogP contribution >= 0.6 is 11.6 Å². The van der Waals surface area contributed by atoms with Gasteiger partial charge in [0.25, 0.3) is 0 Å². The molecule has 2 aromatic carbocycles. The lowest BCUT2D eigenvalue weighted by molar-refractivity contribution is 0.415. The van der Waals surface area contributed by atoms with E-state index in [1.54, 1.807) is 7.11 Å². The molecule has 0 spiro atoms. The zero-order valence-corrected chi connectivity index (χ0v) is 11.2. The molecule has 0 aliphatic heterocycles. The third-order valence-electron chi connectivity index (χ3n) is 3.09. The summed E-state index contributed by atoms with van der Waals surface area (Å²) >= 11 is 5.99. The molecular weight excluding hydrogens is 258 g/mol. The predicted octanol–water partition coefficient (Wildman–Crippen LogP) is 4.56. The SMILES string of the molecule is COc1ccc(-c2cccc3ccc(Cl)nc23)cc1. The van der Waals surface area contributed by atoms with Crippen molar-refractivity contribution in [3.8, 4) is 16.9 Å². The first-order valence-electron chi connectivity index (χ1n) is 5.97. The maximum absolute atomic E-state index is 5.99. The van der Waals surface area contributed by atoms with Crippen molar-refractivity contribution in [3.63, 3.8) is 0 Å². The monoisotopic (exact) mass is 269 g/mol. The quantitative estimate of drug-likeness (QED) is 0.636. The van der Waals surface area contributed by atoms with E-state index in [4.69, 9.17) is 16.3 Å². The van der Waals surface area contributed by atoms with E-state index in [1.165, 1.54) is 0 Å². The van der Waals surface area contributed by atoms with Gasteiger partial charge in [-0.2, -0.15) is 0 Å². The lowest BCUT2D eigenvalue weighted by atomic mass is 10.0. The van der Waals surface area contributed by atoms with Crippen LogP contribution < -0.4 is 4.74 Å². The van der Waals surface area contributed by atoms with Gasteiger partial charge in [-0.25, -0.2) is 4.98 Å². The Morgan fingerprint density at radius 1 is 0.947 bits per heavy atom. The molecule has 0 saturated carbocycles. The number of para-hydroxylation sites is 1. The first-order valence-corrected chi connectivity index (χ1v) is 6.35. The molecule has 0 N–H and O–H groups in total. The Balaban J connectivity index is 2.20. The van der Waals surface area contributed by atoms with E-state index < -0.39 is 0 Å². The molecule has 1 aromatic heterocycles. The van der Waals surface area contributed by atoms with Crippen molar-refractivity contribution in [1.82, 2.24) is 4.98 Å². The second kappa shape index (κ2) is 4.90. The van der Waals surface area contributed by atoms with Gasteiger partial charge in [-0.05, 0) is 29.8 Å². The van der Waals surface area contributed by atoms with Crippen LogP contribution in [-0.4, -0.2) is 12.1 Å². The maximum Gasteiger partial charge on any atom is 0.129 e. The molecule has 0 aliphatic rings. The molecule has 3 rings (SSSR count). The molecule has 19 heavy (non-hydrogen) atoms. The molecular formula is C16H12ClNO. The van der Waals surface area contributed by atoms with Gasteiger partial charge in [0.15, 0.2) is 0 Å². The normalized spacial score (nSPS) is 10.6. The zero-order chi connectivity index (χ0) is 13.2. The number of rotatable bonds is 2. The van der Waals surface area contributed by atoms with Crippen LogP contribution in [0.4, 0.5) is 0 Å². The summed E-state index contributed by atoms with van der Waals surface area (Å²) in [6.45, 7) is 0. The highest BCUT2D eigenvalue weighted by molar-refractivity contribution is 6.29. The van der Waals surface area contributed by atoms with Crippen LogP contribution in [0.3, 0.4) is 0 Å². The van der Waals surface area contributed by atoms with Gasteiger partial charge in [-0.1, -0.05) is 41.9 Å². The zero-order valence-electron chi connectivity index (χ0n) is 10.4. The Kier molecular flexibility index (Phi) is 3.10. The smallest absolute Gasteiger partial charge is 0.129 e. The molecule has 1 heterocycles. The van der Waals surface area contributed by atoms with Crippen LogP contribution in [0.2, 0.25) is 5.15 Å². The standard InChI is InChI=1S/C16H12ClNO/c1-19-13-8-5-11(6-9-13)14-4-2-3-12-7-10-15(17)18-16(12)14/h2-10H,1H3. The fourth-order valence-corrected chi connectivity index (χ4v) is 2.27.